The quantitative estimate of drug-likeness (QED) is 0.419. The van der Waals surface area contributed by atoms with E-state index in [4.69, 9.17) is 20.5 Å². The molecule has 0 radical (unpaired) electrons. The first-order valence-electron chi connectivity index (χ1n) is 10.6. The summed E-state index contributed by atoms with van der Waals surface area (Å²) < 4.78 is 13.2. The van der Waals surface area contributed by atoms with Gasteiger partial charge in [0.25, 0.3) is 5.91 Å². The molecule has 164 valence electrons. The van der Waals surface area contributed by atoms with Crippen LogP contribution in [-0.2, 0) is 13.0 Å². The van der Waals surface area contributed by atoms with E-state index in [1.165, 1.54) is 0 Å². The topological polar surface area (TPSA) is 90.2 Å². The fraction of sp³-hybridized carbons (Fsp3) is 0.304. The highest BCUT2D eigenvalue weighted by Crippen LogP contribution is 2.33. The first-order valence-corrected chi connectivity index (χ1v) is 11.0. The molecule has 1 atom stereocenters. The molecule has 0 unspecified atom stereocenters. The number of hydrogen-bond acceptors (Lipinski definition) is 6. The number of amides is 1. The monoisotopic (exact) mass is 451 g/mol. The van der Waals surface area contributed by atoms with Crippen LogP contribution in [0, 0.1) is 0 Å². The van der Waals surface area contributed by atoms with Gasteiger partial charge in [-0.2, -0.15) is 5.10 Å². The number of nitrogens with zero attached hydrogens (tertiary/aromatic N) is 5. The number of rotatable bonds is 6. The van der Waals surface area contributed by atoms with Crippen LogP contribution in [-0.4, -0.2) is 37.3 Å². The summed E-state index contributed by atoms with van der Waals surface area (Å²) in [7, 11) is 0. The zero-order chi connectivity index (χ0) is 22.1. The minimum absolute atomic E-state index is 0.198. The fourth-order valence-electron chi connectivity index (χ4n) is 3.95. The molecule has 0 saturated carbocycles. The maximum atomic E-state index is 13.2. The summed E-state index contributed by atoms with van der Waals surface area (Å²) in [5.41, 5.74) is 2.48. The van der Waals surface area contributed by atoms with Gasteiger partial charge in [-0.15, -0.1) is 0 Å². The van der Waals surface area contributed by atoms with Crippen LogP contribution in [0.25, 0.3) is 11.3 Å². The molecule has 0 spiro atoms. The van der Waals surface area contributed by atoms with Gasteiger partial charge in [-0.05, 0) is 37.5 Å². The number of aryl methyl sites for hydroxylation is 1. The van der Waals surface area contributed by atoms with Crippen molar-refractivity contribution in [3.63, 3.8) is 0 Å². The SMILES string of the molecule is CCn1cc(-c2cc(C(=O)N3CCC[C@H]3c3ncc(Cc4ccc(Cl)cc4)o3)on2)cn1. The lowest BCUT2D eigenvalue weighted by Gasteiger charge is -2.20. The average molecular weight is 452 g/mol. The molecule has 9 heteroatoms. The second-order valence-corrected chi connectivity index (χ2v) is 8.22. The molecule has 5 rings (SSSR count). The van der Waals surface area contributed by atoms with Crippen LogP contribution in [0.1, 0.15) is 53.6 Å². The first kappa shape index (κ1) is 20.5. The van der Waals surface area contributed by atoms with E-state index in [0.29, 0.717) is 29.6 Å². The van der Waals surface area contributed by atoms with Crippen molar-refractivity contribution in [3.8, 4) is 11.3 Å². The predicted octanol–water partition coefficient (Wildman–Crippen LogP) is 4.77. The zero-order valence-electron chi connectivity index (χ0n) is 17.6. The Morgan fingerprint density at radius 2 is 2.09 bits per heavy atom. The minimum Gasteiger partial charge on any atom is -0.443 e. The Morgan fingerprint density at radius 3 is 2.88 bits per heavy atom. The summed E-state index contributed by atoms with van der Waals surface area (Å²) in [5, 5.41) is 9.00. The van der Waals surface area contributed by atoms with Gasteiger partial charge in [0.15, 0.2) is 0 Å². The lowest BCUT2D eigenvalue weighted by atomic mass is 10.1. The van der Waals surface area contributed by atoms with E-state index in [9.17, 15) is 4.79 Å². The van der Waals surface area contributed by atoms with Crippen molar-refractivity contribution in [2.24, 2.45) is 0 Å². The molecule has 0 N–H and O–H groups in total. The number of carbonyl (C=O) groups excluding carboxylic acids is 1. The summed E-state index contributed by atoms with van der Waals surface area (Å²) >= 11 is 5.96. The molecule has 1 fully saturated rings. The van der Waals surface area contributed by atoms with Crippen molar-refractivity contribution in [2.45, 2.75) is 38.8 Å². The van der Waals surface area contributed by atoms with E-state index in [1.807, 2.05) is 37.4 Å². The zero-order valence-corrected chi connectivity index (χ0v) is 18.3. The van der Waals surface area contributed by atoms with Gasteiger partial charge in [0.2, 0.25) is 11.7 Å². The molecular weight excluding hydrogens is 430 g/mol. The molecule has 0 aliphatic carbocycles. The van der Waals surface area contributed by atoms with Crippen LogP contribution in [0.15, 0.2) is 57.9 Å². The second-order valence-electron chi connectivity index (χ2n) is 7.79. The Kier molecular flexibility index (Phi) is 5.53. The van der Waals surface area contributed by atoms with E-state index in [2.05, 4.69) is 15.2 Å². The molecule has 1 amide bonds. The summed E-state index contributed by atoms with van der Waals surface area (Å²) in [6, 6.07) is 9.06. The largest absolute Gasteiger partial charge is 0.443 e. The number of aromatic nitrogens is 4. The Labute approximate surface area is 189 Å². The van der Waals surface area contributed by atoms with Crippen LogP contribution in [0.5, 0.6) is 0 Å². The molecule has 1 aliphatic rings. The fourth-order valence-corrected chi connectivity index (χ4v) is 4.08. The highest BCUT2D eigenvalue weighted by molar-refractivity contribution is 6.30. The first-order chi connectivity index (χ1) is 15.6. The molecule has 4 aromatic rings. The van der Waals surface area contributed by atoms with Crippen LogP contribution in [0.4, 0.5) is 0 Å². The van der Waals surface area contributed by atoms with Crippen molar-refractivity contribution < 1.29 is 13.7 Å². The Balaban J connectivity index is 1.31. The smallest absolute Gasteiger partial charge is 0.293 e. The van der Waals surface area contributed by atoms with Crippen molar-refractivity contribution in [1.82, 2.24) is 24.8 Å². The van der Waals surface area contributed by atoms with E-state index >= 15 is 0 Å². The Bertz CT molecular complexity index is 1230. The highest BCUT2D eigenvalue weighted by Gasteiger charge is 2.35. The molecule has 1 aliphatic heterocycles. The summed E-state index contributed by atoms with van der Waals surface area (Å²) in [4.78, 5) is 19.4. The Morgan fingerprint density at radius 1 is 1.25 bits per heavy atom. The number of oxazole rings is 1. The Hall–Kier alpha value is -3.39. The molecule has 1 saturated heterocycles. The number of likely N-dealkylation sites (tertiary alicyclic amines) is 1. The summed E-state index contributed by atoms with van der Waals surface area (Å²) in [6.45, 7) is 3.38. The van der Waals surface area contributed by atoms with Gasteiger partial charge in [-0.25, -0.2) is 4.98 Å². The average Bonchev–Trinajstić information content (AvgIpc) is 3.60. The van der Waals surface area contributed by atoms with Crippen molar-refractivity contribution in [2.75, 3.05) is 6.54 Å². The number of carbonyl (C=O) groups is 1. The van der Waals surface area contributed by atoms with Gasteiger partial charge in [0, 0.05) is 42.4 Å². The van der Waals surface area contributed by atoms with E-state index in [-0.39, 0.29) is 17.7 Å². The lowest BCUT2D eigenvalue weighted by Crippen LogP contribution is -2.30. The molecule has 1 aromatic carbocycles. The minimum atomic E-state index is -0.224. The molecular formula is C23H22ClN5O3. The summed E-state index contributed by atoms with van der Waals surface area (Å²) in [5.74, 6) is 1.27. The molecule has 3 aromatic heterocycles. The highest BCUT2D eigenvalue weighted by atomic mass is 35.5. The van der Waals surface area contributed by atoms with Gasteiger partial charge in [-0.3, -0.25) is 9.48 Å². The van der Waals surface area contributed by atoms with Gasteiger partial charge in [-0.1, -0.05) is 28.9 Å². The van der Waals surface area contributed by atoms with Crippen molar-refractivity contribution >= 4 is 17.5 Å². The molecule has 32 heavy (non-hydrogen) atoms. The maximum absolute atomic E-state index is 13.2. The molecule has 0 bridgehead atoms. The molecule has 8 nitrogen and oxygen atoms in total. The standard InChI is InChI=1S/C23H22ClN5O3/c1-2-28-14-16(12-26-28)19-11-21(32-27-19)23(30)29-9-3-4-20(29)22-25-13-18(31-22)10-15-5-7-17(24)8-6-15/h5-8,11-14,20H,2-4,9-10H2,1H3/t20-/m0/s1. The van der Waals surface area contributed by atoms with Crippen molar-refractivity contribution in [1.29, 1.82) is 0 Å². The summed E-state index contributed by atoms with van der Waals surface area (Å²) in [6.07, 6.45) is 7.58. The van der Waals surface area contributed by atoms with Crippen LogP contribution < -0.4 is 0 Å². The van der Waals surface area contributed by atoms with Crippen LogP contribution in [0.3, 0.4) is 0 Å². The third-order valence-corrected chi connectivity index (χ3v) is 5.89. The van der Waals surface area contributed by atoms with Gasteiger partial charge in [0.1, 0.15) is 17.5 Å². The second kappa shape index (κ2) is 8.63. The van der Waals surface area contributed by atoms with Crippen molar-refractivity contribution in [3.05, 3.63) is 76.9 Å². The van der Waals surface area contributed by atoms with E-state index in [1.54, 1.807) is 28.0 Å². The maximum Gasteiger partial charge on any atom is 0.293 e. The number of benzene rings is 1. The number of halogens is 1. The van der Waals surface area contributed by atoms with Crippen LogP contribution in [0.2, 0.25) is 5.02 Å². The lowest BCUT2D eigenvalue weighted by molar-refractivity contribution is 0.0672. The third kappa shape index (κ3) is 4.05. The van der Waals surface area contributed by atoms with Gasteiger partial charge >= 0.3 is 0 Å². The molecule has 4 heterocycles. The normalized spacial score (nSPS) is 16.1. The van der Waals surface area contributed by atoms with Gasteiger partial charge < -0.3 is 13.8 Å². The number of hydrogen-bond donors (Lipinski definition) is 0. The third-order valence-electron chi connectivity index (χ3n) is 5.64. The predicted molar refractivity (Wildman–Crippen MR) is 117 cm³/mol. The van der Waals surface area contributed by atoms with Crippen LogP contribution >= 0.6 is 11.6 Å². The van der Waals surface area contributed by atoms with E-state index < -0.39 is 0 Å². The van der Waals surface area contributed by atoms with E-state index in [0.717, 1.165) is 36.3 Å². The van der Waals surface area contributed by atoms with Gasteiger partial charge in [0.05, 0.1) is 12.4 Å².